The Morgan fingerprint density at radius 1 is 1.05 bits per heavy atom. The van der Waals surface area contributed by atoms with E-state index in [0.717, 1.165) is 5.56 Å². The molecule has 3 heteroatoms. The lowest BCUT2D eigenvalue weighted by Gasteiger charge is -1.99. The highest BCUT2D eigenvalue weighted by Crippen LogP contribution is 2.15. The summed E-state index contributed by atoms with van der Waals surface area (Å²) in [5, 5.41) is 9.72. The summed E-state index contributed by atoms with van der Waals surface area (Å²) < 4.78 is 0. The molecule has 0 aliphatic heterocycles. The second-order valence-electron chi connectivity index (χ2n) is 3.92. The van der Waals surface area contributed by atoms with Gasteiger partial charge in [0.1, 0.15) is 11.6 Å². The first-order valence-electron chi connectivity index (χ1n) is 5.68. The van der Waals surface area contributed by atoms with Gasteiger partial charge in [0, 0.05) is 10.6 Å². The SMILES string of the molecule is N#C/C(=C/c1ccc(Cl)cc1)C(=O)c1ccccc1. The van der Waals surface area contributed by atoms with Gasteiger partial charge < -0.3 is 0 Å². The van der Waals surface area contributed by atoms with E-state index in [1.165, 1.54) is 0 Å². The van der Waals surface area contributed by atoms with Crippen LogP contribution in [0.2, 0.25) is 5.02 Å². The second-order valence-corrected chi connectivity index (χ2v) is 4.35. The predicted octanol–water partition coefficient (Wildman–Crippen LogP) is 4.13. The lowest BCUT2D eigenvalue weighted by Crippen LogP contribution is -2.01. The lowest BCUT2D eigenvalue weighted by molar-refractivity contribution is 0.104. The van der Waals surface area contributed by atoms with Crippen molar-refractivity contribution >= 4 is 23.5 Å². The zero-order valence-electron chi connectivity index (χ0n) is 10.0. The van der Waals surface area contributed by atoms with E-state index in [2.05, 4.69) is 0 Å². The molecule has 0 atom stereocenters. The number of halogens is 1. The van der Waals surface area contributed by atoms with Crippen molar-refractivity contribution in [1.29, 1.82) is 5.26 Å². The summed E-state index contributed by atoms with van der Waals surface area (Å²) in [6, 6.07) is 17.6. The number of allylic oxidation sites excluding steroid dienone is 1. The van der Waals surface area contributed by atoms with Crippen LogP contribution in [0, 0.1) is 11.3 Å². The number of nitrogens with zero attached hydrogens (tertiary/aromatic N) is 1. The second kappa shape index (κ2) is 5.99. The number of nitriles is 1. The largest absolute Gasteiger partial charge is 0.288 e. The van der Waals surface area contributed by atoms with Crippen LogP contribution in [-0.4, -0.2) is 5.78 Å². The molecular weight excluding hydrogens is 258 g/mol. The molecule has 0 aliphatic carbocycles. The fourth-order valence-electron chi connectivity index (χ4n) is 1.62. The number of hydrogen-bond acceptors (Lipinski definition) is 2. The monoisotopic (exact) mass is 267 g/mol. The van der Waals surface area contributed by atoms with Crippen molar-refractivity contribution in [2.45, 2.75) is 0 Å². The number of ketones is 1. The third-order valence-electron chi connectivity index (χ3n) is 2.58. The summed E-state index contributed by atoms with van der Waals surface area (Å²) in [7, 11) is 0. The Morgan fingerprint density at radius 2 is 1.68 bits per heavy atom. The summed E-state index contributed by atoms with van der Waals surface area (Å²) in [5.41, 5.74) is 1.38. The Morgan fingerprint density at radius 3 is 2.26 bits per heavy atom. The van der Waals surface area contributed by atoms with Gasteiger partial charge in [-0.05, 0) is 23.8 Å². The van der Waals surface area contributed by atoms with Gasteiger partial charge in [-0.25, -0.2) is 0 Å². The molecule has 2 nitrogen and oxygen atoms in total. The first kappa shape index (κ1) is 13.1. The van der Waals surface area contributed by atoms with Gasteiger partial charge in [0.15, 0.2) is 0 Å². The fourth-order valence-corrected chi connectivity index (χ4v) is 1.75. The van der Waals surface area contributed by atoms with Crippen LogP contribution in [0.1, 0.15) is 15.9 Å². The molecule has 0 radical (unpaired) electrons. The summed E-state index contributed by atoms with van der Waals surface area (Å²) >= 11 is 5.79. The van der Waals surface area contributed by atoms with E-state index < -0.39 is 0 Å². The van der Waals surface area contributed by atoms with Gasteiger partial charge in [-0.2, -0.15) is 5.26 Å². The zero-order valence-corrected chi connectivity index (χ0v) is 10.8. The van der Waals surface area contributed by atoms with Gasteiger partial charge in [0.05, 0.1) is 0 Å². The molecular formula is C16H10ClNO. The molecule has 0 N–H and O–H groups in total. The highest BCUT2D eigenvalue weighted by atomic mass is 35.5. The Kier molecular flexibility index (Phi) is 4.12. The molecule has 0 aromatic heterocycles. The average Bonchev–Trinajstić information content (AvgIpc) is 2.47. The normalized spacial score (nSPS) is 10.8. The molecule has 0 saturated carbocycles. The smallest absolute Gasteiger partial charge is 0.203 e. The molecule has 2 aromatic rings. The third kappa shape index (κ3) is 3.31. The van der Waals surface area contributed by atoms with Crippen LogP contribution >= 0.6 is 11.6 Å². The van der Waals surface area contributed by atoms with Crippen LogP contribution in [0.3, 0.4) is 0 Å². The minimum absolute atomic E-state index is 0.105. The molecule has 92 valence electrons. The maximum Gasteiger partial charge on any atom is 0.203 e. The van der Waals surface area contributed by atoms with Crippen molar-refractivity contribution in [3.63, 3.8) is 0 Å². The highest BCUT2D eigenvalue weighted by molar-refractivity contribution is 6.30. The van der Waals surface area contributed by atoms with E-state index in [1.54, 1.807) is 54.6 Å². The van der Waals surface area contributed by atoms with Crippen LogP contribution in [0.4, 0.5) is 0 Å². The predicted molar refractivity (Wildman–Crippen MR) is 75.8 cm³/mol. The summed E-state index contributed by atoms with van der Waals surface area (Å²) in [6.07, 6.45) is 1.56. The Labute approximate surface area is 116 Å². The highest BCUT2D eigenvalue weighted by Gasteiger charge is 2.11. The fraction of sp³-hybridized carbons (Fsp3) is 0. The zero-order chi connectivity index (χ0) is 13.7. The number of carbonyl (C=O) groups excluding carboxylic acids is 1. The van der Waals surface area contributed by atoms with E-state index in [9.17, 15) is 4.79 Å². The first-order valence-corrected chi connectivity index (χ1v) is 6.05. The number of Topliss-reactive ketones (excluding diaryl/α,β-unsaturated/α-hetero) is 1. The molecule has 0 heterocycles. The van der Waals surface area contributed by atoms with E-state index >= 15 is 0 Å². The van der Waals surface area contributed by atoms with Gasteiger partial charge in [-0.15, -0.1) is 0 Å². The topological polar surface area (TPSA) is 40.9 Å². The van der Waals surface area contributed by atoms with E-state index in [4.69, 9.17) is 16.9 Å². The van der Waals surface area contributed by atoms with Crippen LogP contribution in [0.25, 0.3) is 6.08 Å². The minimum Gasteiger partial charge on any atom is -0.288 e. The summed E-state index contributed by atoms with van der Waals surface area (Å²) in [6.45, 7) is 0. The minimum atomic E-state index is -0.280. The molecule has 0 bridgehead atoms. The lowest BCUT2D eigenvalue weighted by atomic mass is 10.0. The molecule has 0 unspecified atom stereocenters. The number of hydrogen-bond donors (Lipinski definition) is 0. The molecule has 0 aliphatic rings. The maximum absolute atomic E-state index is 12.1. The van der Waals surface area contributed by atoms with E-state index in [-0.39, 0.29) is 11.4 Å². The maximum atomic E-state index is 12.1. The van der Waals surface area contributed by atoms with Crippen molar-refractivity contribution in [2.75, 3.05) is 0 Å². The standard InChI is InChI=1S/C16H10ClNO/c17-15-8-6-12(7-9-15)10-14(11-18)16(19)13-4-2-1-3-5-13/h1-10H/b14-10-. The van der Waals surface area contributed by atoms with Gasteiger partial charge >= 0.3 is 0 Å². The molecule has 0 saturated heterocycles. The van der Waals surface area contributed by atoms with Crippen molar-refractivity contribution in [3.05, 3.63) is 76.3 Å². The van der Waals surface area contributed by atoms with Gasteiger partial charge in [-0.1, -0.05) is 54.1 Å². The third-order valence-corrected chi connectivity index (χ3v) is 2.83. The Hall–Kier alpha value is -2.37. The first-order chi connectivity index (χ1) is 9.20. The number of carbonyl (C=O) groups is 1. The molecule has 0 spiro atoms. The molecule has 0 fully saturated rings. The summed E-state index contributed by atoms with van der Waals surface area (Å²) in [5.74, 6) is -0.280. The van der Waals surface area contributed by atoms with Crippen LogP contribution in [0.5, 0.6) is 0 Å². The molecule has 0 amide bonds. The van der Waals surface area contributed by atoms with Gasteiger partial charge in [0.25, 0.3) is 0 Å². The van der Waals surface area contributed by atoms with Crippen LogP contribution in [0.15, 0.2) is 60.2 Å². The Balaban J connectivity index is 2.33. The van der Waals surface area contributed by atoms with E-state index in [1.807, 2.05) is 12.1 Å². The quantitative estimate of drug-likeness (QED) is 0.477. The van der Waals surface area contributed by atoms with Crippen LogP contribution < -0.4 is 0 Å². The Bertz CT molecular complexity index is 651. The number of benzene rings is 2. The van der Waals surface area contributed by atoms with Gasteiger partial charge in [0.2, 0.25) is 5.78 Å². The molecule has 2 rings (SSSR count). The van der Waals surface area contributed by atoms with Crippen molar-refractivity contribution in [1.82, 2.24) is 0 Å². The van der Waals surface area contributed by atoms with Crippen molar-refractivity contribution in [3.8, 4) is 6.07 Å². The van der Waals surface area contributed by atoms with Gasteiger partial charge in [-0.3, -0.25) is 4.79 Å². The average molecular weight is 268 g/mol. The number of rotatable bonds is 3. The van der Waals surface area contributed by atoms with Crippen molar-refractivity contribution in [2.24, 2.45) is 0 Å². The van der Waals surface area contributed by atoms with E-state index in [0.29, 0.717) is 10.6 Å². The van der Waals surface area contributed by atoms with Crippen LogP contribution in [-0.2, 0) is 0 Å². The van der Waals surface area contributed by atoms with Crippen molar-refractivity contribution < 1.29 is 4.79 Å². The summed E-state index contributed by atoms with van der Waals surface area (Å²) in [4.78, 5) is 12.1. The molecule has 2 aromatic carbocycles. The molecule has 19 heavy (non-hydrogen) atoms.